The van der Waals surface area contributed by atoms with E-state index >= 15 is 0 Å². The number of aromatic amines is 1. The van der Waals surface area contributed by atoms with Crippen LogP contribution in [0.3, 0.4) is 0 Å². The predicted octanol–water partition coefficient (Wildman–Crippen LogP) is 1.57. The van der Waals surface area contributed by atoms with E-state index in [9.17, 15) is 4.79 Å². The van der Waals surface area contributed by atoms with Crippen LogP contribution in [0.15, 0.2) is 4.79 Å². The van der Waals surface area contributed by atoms with E-state index < -0.39 is 0 Å². The largest absolute Gasteiger partial charge is 0.368 e. The molecule has 16 heavy (non-hydrogen) atoms. The van der Waals surface area contributed by atoms with Crippen LogP contribution >= 0.6 is 0 Å². The Hall–Kier alpha value is -1.39. The highest BCUT2D eigenvalue weighted by Crippen LogP contribution is 2.28. The molecule has 3 N–H and O–H groups in total. The zero-order chi connectivity index (χ0) is 11.4. The summed E-state index contributed by atoms with van der Waals surface area (Å²) >= 11 is 0. The number of nitrogens with two attached hydrogens (primary N) is 1. The average molecular weight is 222 g/mol. The molecule has 1 aliphatic rings. The highest BCUT2D eigenvalue weighted by atomic mass is 16.1. The number of anilines is 1. The Morgan fingerprint density at radius 1 is 1.06 bits per heavy atom. The number of H-pyrrole nitrogens is 1. The van der Waals surface area contributed by atoms with Crippen LogP contribution < -0.4 is 11.4 Å². The van der Waals surface area contributed by atoms with Crippen LogP contribution in [0.25, 0.3) is 0 Å². The lowest BCUT2D eigenvalue weighted by atomic mass is 9.90. The zero-order valence-electron chi connectivity index (χ0n) is 9.41. The molecule has 0 amide bonds. The third-order valence-corrected chi connectivity index (χ3v) is 3.18. The predicted molar refractivity (Wildman–Crippen MR) is 62.1 cm³/mol. The molecular weight excluding hydrogens is 204 g/mol. The topological polar surface area (TPSA) is 84.7 Å². The molecular formula is C11H18N4O. The monoisotopic (exact) mass is 222 g/mol. The minimum Gasteiger partial charge on any atom is -0.368 e. The van der Waals surface area contributed by atoms with Crippen molar-refractivity contribution in [3.63, 3.8) is 0 Å². The van der Waals surface area contributed by atoms with Crippen LogP contribution in [0.1, 0.15) is 56.7 Å². The molecule has 2 rings (SSSR count). The molecule has 1 fully saturated rings. The Bertz CT molecular complexity index is 393. The Balaban J connectivity index is 2.17. The van der Waals surface area contributed by atoms with Crippen LogP contribution in [-0.2, 0) is 0 Å². The first-order valence-electron chi connectivity index (χ1n) is 5.99. The molecule has 1 aromatic heterocycles. The summed E-state index contributed by atoms with van der Waals surface area (Å²) in [5.41, 5.74) is 5.11. The Labute approximate surface area is 94.5 Å². The number of hydrogen-bond acceptors (Lipinski definition) is 4. The fourth-order valence-corrected chi connectivity index (χ4v) is 2.34. The van der Waals surface area contributed by atoms with E-state index in [-0.39, 0.29) is 11.6 Å². The van der Waals surface area contributed by atoms with Crippen LogP contribution in [0.5, 0.6) is 0 Å². The van der Waals surface area contributed by atoms with Gasteiger partial charge in [0.1, 0.15) is 5.82 Å². The van der Waals surface area contributed by atoms with Gasteiger partial charge < -0.3 is 5.73 Å². The first-order chi connectivity index (χ1) is 7.75. The molecule has 0 saturated heterocycles. The number of nitrogens with zero attached hydrogens (tertiary/aromatic N) is 2. The molecule has 0 atom stereocenters. The smallest absolute Gasteiger partial charge is 0.349 e. The molecule has 88 valence electrons. The maximum Gasteiger partial charge on any atom is 0.349 e. The van der Waals surface area contributed by atoms with Gasteiger partial charge in [-0.25, -0.2) is 4.79 Å². The number of hydrogen-bond donors (Lipinski definition) is 2. The first-order valence-corrected chi connectivity index (χ1v) is 5.99. The van der Waals surface area contributed by atoms with Crippen LogP contribution in [0.4, 0.5) is 5.95 Å². The van der Waals surface area contributed by atoms with Crippen LogP contribution in [-0.4, -0.2) is 15.0 Å². The van der Waals surface area contributed by atoms with Crippen LogP contribution in [0.2, 0.25) is 0 Å². The van der Waals surface area contributed by atoms with Gasteiger partial charge in [0, 0.05) is 5.92 Å². The molecule has 0 radical (unpaired) electrons. The SMILES string of the molecule is Nc1nc(C2CCCCCCC2)[nH]c(=O)n1. The first kappa shape index (κ1) is 11.1. The Morgan fingerprint density at radius 2 is 1.69 bits per heavy atom. The van der Waals surface area contributed by atoms with E-state index in [0.717, 1.165) is 18.7 Å². The molecule has 1 heterocycles. The highest BCUT2D eigenvalue weighted by Gasteiger charge is 2.16. The quantitative estimate of drug-likeness (QED) is 0.755. The van der Waals surface area contributed by atoms with Crippen molar-refractivity contribution >= 4 is 5.95 Å². The van der Waals surface area contributed by atoms with E-state index in [4.69, 9.17) is 5.73 Å². The van der Waals surface area contributed by atoms with Gasteiger partial charge >= 0.3 is 5.69 Å². The molecule has 0 spiro atoms. The second kappa shape index (κ2) is 5.09. The fourth-order valence-electron chi connectivity index (χ4n) is 2.34. The summed E-state index contributed by atoms with van der Waals surface area (Å²) in [6, 6.07) is 0. The van der Waals surface area contributed by atoms with Crippen molar-refractivity contribution in [3.05, 3.63) is 16.3 Å². The zero-order valence-corrected chi connectivity index (χ0v) is 9.41. The van der Waals surface area contributed by atoms with E-state index in [0.29, 0.717) is 5.92 Å². The van der Waals surface area contributed by atoms with Crippen LogP contribution in [0, 0.1) is 0 Å². The van der Waals surface area contributed by atoms with Crippen molar-refractivity contribution in [2.24, 2.45) is 0 Å². The summed E-state index contributed by atoms with van der Waals surface area (Å²) in [4.78, 5) is 21.6. The third-order valence-electron chi connectivity index (χ3n) is 3.18. The molecule has 0 bridgehead atoms. The van der Waals surface area contributed by atoms with Crippen molar-refractivity contribution < 1.29 is 0 Å². The number of aromatic nitrogens is 3. The minimum atomic E-state index is -0.385. The van der Waals surface area contributed by atoms with Crippen molar-refractivity contribution in [2.45, 2.75) is 50.9 Å². The van der Waals surface area contributed by atoms with E-state index in [1.165, 1.54) is 32.1 Å². The summed E-state index contributed by atoms with van der Waals surface area (Å²) < 4.78 is 0. The van der Waals surface area contributed by atoms with Gasteiger partial charge in [-0.15, -0.1) is 0 Å². The van der Waals surface area contributed by atoms with Gasteiger partial charge in [0.2, 0.25) is 5.95 Å². The molecule has 1 aliphatic carbocycles. The Kier molecular flexibility index (Phi) is 3.54. The second-order valence-corrected chi connectivity index (χ2v) is 4.44. The van der Waals surface area contributed by atoms with Crippen molar-refractivity contribution in [1.29, 1.82) is 0 Å². The van der Waals surface area contributed by atoms with Gasteiger partial charge in [-0.3, -0.25) is 4.98 Å². The van der Waals surface area contributed by atoms with Gasteiger partial charge in [-0.05, 0) is 12.8 Å². The fraction of sp³-hybridized carbons (Fsp3) is 0.727. The van der Waals surface area contributed by atoms with E-state index in [1.807, 2.05) is 0 Å². The van der Waals surface area contributed by atoms with Gasteiger partial charge in [0.15, 0.2) is 0 Å². The lowest BCUT2D eigenvalue weighted by Gasteiger charge is -2.18. The summed E-state index contributed by atoms with van der Waals surface area (Å²) in [5, 5.41) is 0. The average Bonchev–Trinajstić information content (AvgIpc) is 2.14. The molecule has 0 aliphatic heterocycles. The minimum absolute atomic E-state index is 0.0841. The molecule has 5 nitrogen and oxygen atoms in total. The normalized spacial score (nSPS) is 19.0. The Morgan fingerprint density at radius 3 is 2.31 bits per heavy atom. The highest BCUT2D eigenvalue weighted by molar-refractivity contribution is 5.14. The molecule has 0 aromatic carbocycles. The standard InChI is InChI=1S/C11H18N4O/c12-10-13-9(14-11(16)15-10)8-6-4-2-1-3-5-7-8/h8H,1-7H2,(H3,12,13,14,15,16). The lowest BCUT2D eigenvalue weighted by molar-refractivity contribution is 0.441. The van der Waals surface area contributed by atoms with Gasteiger partial charge in [-0.1, -0.05) is 32.1 Å². The molecule has 5 heteroatoms. The van der Waals surface area contributed by atoms with E-state index in [1.54, 1.807) is 0 Å². The number of nitrogen functional groups attached to an aromatic ring is 1. The van der Waals surface area contributed by atoms with Gasteiger partial charge in [0.25, 0.3) is 0 Å². The summed E-state index contributed by atoms with van der Waals surface area (Å²) in [6.07, 6.45) is 8.48. The van der Waals surface area contributed by atoms with Crippen molar-refractivity contribution in [1.82, 2.24) is 15.0 Å². The molecule has 1 aromatic rings. The maximum atomic E-state index is 11.2. The summed E-state index contributed by atoms with van der Waals surface area (Å²) in [6.45, 7) is 0. The van der Waals surface area contributed by atoms with Gasteiger partial charge in [0.05, 0.1) is 0 Å². The van der Waals surface area contributed by atoms with Crippen molar-refractivity contribution in [3.8, 4) is 0 Å². The van der Waals surface area contributed by atoms with E-state index in [2.05, 4.69) is 15.0 Å². The molecule has 0 unspecified atom stereocenters. The molecule has 1 saturated carbocycles. The summed E-state index contributed by atoms with van der Waals surface area (Å²) in [5.74, 6) is 1.15. The number of nitrogens with one attached hydrogen (secondary N) is 1. The van der Waals surface area contributed by atoms with Crippen molar-refractivity contribution in [2.75, 3.05) is 5.73 Å². The second-order valence-electron chi connectivity index (χ2n) is 4.44. The lowest BCUT2D eigenvalue weighted by Crippen LogP contribution is -2.20. The number of rotatable bonds is 1. The third kappa shape index (κ3) is 2.81. The summed E-state index contributed by atoms with van der Waals surface area (Å²) in [7, 11) is 0. The maximum absolute atomic E-state index is 11.2. The van der Waals surface area contributed by atoms with Gasteiger partial charge in [-0.2, -0.15) is 9.97 Å².